The monoisotopic (exact) mass is 327 g/mol. The van der Waals surface area contributed by atoms with Crippen LogP contribution in [0.1, 0.15) is 24.0 Å². The van der Waals surface area contributed by atoms with Crippen molar-refractivity contribution in [3.8, 4) is 5.75 Å². The number of carbonyl (C=O) groups excluding carboxylic acids is 1. The van der Waals surface area contributed by atoms with Gasteiger partial charge in [0.05, 0.1) is 12.6 Å². The number of hydrogen-bond acceptors (Lipinski definition) is 2. The summed E-state index contributed by atoms with van der Waals surface area (Å²) in [5.74, 6) is 0.760. The van der Waals surface area contributed by atoms with Gasteiger partial charge >= 0.3 is 0 Å². The molecular formula is C19H18ClNO2. The van der Waals surface area contributed by atoms with E-state index in [1.807, 2.05) is 35.2 Å². The number of amides is 1. The van der Waals surface area contributed by atoms with Gasteiger partial charge < -0.3 is 4.74 Å². The van der Waals surface area contributed by atoms with Gasteiger partial charge in [0.25, 0.3) is 0 Å². The molecule has 0 aromatic heterocycles. The quantitative estimate of drug-likeness (QED) is 0.619. The van der Waals surface area contributed by atoms with Gasteiger partial charge in [-0.3, -0.25) is 9.69 Å². The second-order valence-corrected chi connectivity index (χ2v) is 6.61. The van der Waals surface area contributed by atoms with E-state index in [2.05, 4.69) is 18.2 Å². The molecule has 4 rings (SSSR count). The summed E-state index contributed by atoms with van der Waals surface area (Å²) in [4.78, 5) is 14.4. The van der Waals surface area contributed by atoms with Crippen LogP contribution < -0.4 is 9.64 Å². The summed E-state index contributed by atoms with van der Waals surface area (Å²) in [5.41, 5.74) is 2.96. The van der Waals surface area contributed by atoms with Gasteiger partial charge in [-0.25, -0.2) is 0 Å². The average Bonchev–Trinajstić information content (AvgIpc) is 2.62. The summed E-state index contributed by atoms with van der Waals surface area (Å²) in [6.07, 6.45) is 2.99. The third kappa shape index (κ3) is 1.93. The lowest BCUT2D eigenvalue weighted by atomic mass is 9.68. The number of β-lactam (4-membered cyclic amide) rings is 1. The van der Waals surface area contributed by atoms with Gasteiger partial charge in [0, 0.05) is 5.69 Å². The molecule has 1 spiro atoms. The molecule has 0 bridgehead atoms. The van der Waals surface area contributed by atoms with Gasteiger partial charge in [-0.1, -0.05) is 24.3 Å². The van der Waals surface area contributed by atoms with Crippen molar-refractivity contribution in [2.75, 3.05) is 12.0 Å². The molecule has 3 nitrogen and oxygen atoms in total. The van der Waals surface area contributed by atoms with Crippen LogP contribution in [0.5, 0.6) is 5.75 Å². The van der Waals surface area contributed by atoms with Gasteiger partial charge in [-0.15, -0.1) is 11.6 Å². The maximum absolute atomic E-state index is 12.6. The Bertz CT molecular complexity index is 758. The Kier molecular flexibility index (Phi) is 3.34. The predicted molar refractivity (Wildman–Crippen MR) is 91.2 cm³/mol. The molecule has 118 valence electrons. The largest absolute Gasteiger partial charge is 0.497 e. The van der Waals surface area contributed by atoms with E-state index >= 15 is 0 Å². The topological polar surface area (TPSA) is 29.5 Å². The third-order valence-corrected chi connectivity index (χ3v) is 5.62. The van der Waals surface area contributed by atoms with Crippen LogP contribution in [0, 0.1) is 0 Å². The first-order valence-corrected chi connectivity index (χ1v) is 8.33. The first-order valence-electron chi connectivity index (χ1n) is 7.89. The summed E-state index contributed by atoms with van der Waals surface area (Å²) in [7, 11) is 1.64. The normalized spacial score (nSPS) is 25.9. The fourth-order valence-corrected chi connectivity index (χ4v) is 4.41. The maximum Gasteiger partial charge on any atom is 0.248 e. The van der Waals surface area contributed by atoms with Crippen molar-refractivity contribution in [1.82, 2.24) is 0 Å². The van der Waals surface area contributed by atoms with Gasteiger partial charge in [-0.2, -0.15) is 0 Å². The Morgan fingerprint density at radius 3 is 2.65 bits per heavy atom. The van der Waals surface area contributed by atoms with Gasteiger partial charge in [0.15, 0.2) is 0 Å². The highest BCUT2D eigenvalue weighted by molar-refractivity contribution is 6.38. The highest BCUT2D eigenvalue weighted by atomic mass is 35.5. The van der Waals surface area contributed by atoms with Crippen LogP contribution in [0.2, 0.25) is 0 Å². The van der Waals surface area contributed by atoms with E-state index in [1.54, 1.807) is 7.11 Å². The van der Waals surface area contributed by atoms with Crippen LogP contribution in [0.25, 0.3) is 0 Å². The molecule has 4 heteroatoms. The highest BCUT2D eigenvalue weighted by Crippen LogP contribution is 2.53. The van der Waals surface area contributed by atoms with E-state index in [4.69, 9.17) is 16.3 Å². The van der Waals surface area contributed by atoms with Crippen molar-refractivity contribution in [2.24, 2.45) is 0 Å². The molecule has 0 saturated carbocycles. The zero-order chi connectivity index (χ0) is 16.0. The van der Waals surface area contributed by atoms with Crippen molar-refractivity contribution in [1.29, 1.82) is 0 Å². The number of aryl methyl sites for hydroxylation is 1. The number of halogens is 1. The van der Waals surface area contributed by atoms with E-state index in [0.717, 1.165) is 30.7 Å². The molecule has 1 amide bonds. The Morgan fingerprint density at radius 1 is 1.17 bits per heavy atom. The Labute approximate surface area is 140 Å². The van der Waals surface area contributed by atoms with E-state index < -0.39 is 10.9 Å². The number of anilines is 1. The van der Waals surface area contributed by atoms with E-state index in [9.17, 15) is 4.79 Å². The molecule has 2 aromatic rings. The molecule has 0 N–H and O–H groups in total. The Hall–Kier alpha value is -2.00. The van der Waals surface area contributed by atoms with Crippen molar-refractivity contribution < 1.29 is 9.53 Å². The van der Waals surface area contributed by atoms with Crippen LogP contribution in [0.3, 0.4) is 0 Å². The number of alkyl halides is 1. The zero-order valence-electron chi connectivity index (χ0n) is 13.0. The molecule has 2 aliphatic rings. The van der Waals surface area contributed by atoms with Crippen LogP contribution in [0.4, 0.5) is 5.69 Å². The standard InChI is InChI=1S/C19H18ClNO2/c1-23-15-10-8-14(9-11-15)21-18(22)17(20)19(21)12-4-6-13-5-2-3-7-16(13)19/h2-3,5,7-11,17H,4,6,12H2,1H3. The number of ether oxygens (including phenoxy) is 1. The molecule has 2 aromatic carbocycles. The summed E-state index contributed by atoms with van der Waals surface area (Å²) in [6, 6.07) is 16.0. The molecule has 1 fully saturated rings. The number of benzene rings is 2. The summed E-state index contributed by atoms with van der Waals surface area (Å²) in [6.45, 7) is 0. The molecule has 2 atom stereocenters. The smallest absolute Gasteiger partial charge is 0.248 e. The lowest BCUT2D eigenvalue weighted by Gasteiger charge is -2.57. The summed E-state index contributed by atoms with van der Waals surface area (Å²) >= 11 is 6.55. The number of fused-ring (bicyclic) bond motifs is 2. The molecule has 2 unspecified atom stereocenters. The fraction of sp³-hybridized carbons (Fsp3) is 0.316. The Balaban J connectivity index is 1.82. The van der Waals surface area contributed by atoms with Gasteiger partial charge in [0.1, 0.15) is 11.1 Å². The molecule has 1 aliphatic carbocycles. The van der Waals surface area contributed by atoms with E-state index in [1.165, 1.54) is 11.1 Å². The van der Waals surface area contributed by atoms with Crippen LogP contribution in [-0.4, -0.2) is 18.4 Å². The van der Waals surface area contributed by atoms with Gasteiger partial charge in [0.2, 0.25) is 5.91 Å². The van der Waals surface area contributed by atoms with Crippen molar-refractivity contribution in [3.63, 3.8) is 0 Å². The van der Waals surface area contributed by atoms with Crippen molar-refractivity contribution >= 4 is 23.2 Å². The van der Waals surface area contributed by atoms with Crippen molar-refractivity contribution in [2.45, 2.75) is 30.2 Å². The number of rotatable bonds is 2. The second-order valence-electron chi connectivity index (χ2n) is 6.17. The molecular weight excluding hydrogens is 310 g/mol. The third-order valence-electron chi connectivity index (χ3n) is 5.07. The predicted octanol–water partition coefficient (Wildman–Crippen LogP) is 3.88. The number of nitrogens with zero attached hydrogens (tertiary/aromatic N) is 1. The minimum Gasteiger partial charge on any atom is -0.497 e. The molecule has 1 aliphatic heterocycles. The second kappa shape index (κ2) is 5.27. The Morgan fingerprint density at radius 2 is 1.91 bits per heavy atom. The minimum absolute atomic E-state index is 0.0199. The van der Waals surface area contributed by atoms with Crippen LogP contribution in [-0.2, 0) is 16.8 Å². The number of methoxy groups -OCH3 is 1. The number of carbonyl (C=O) groups is 1. The lowest BCUT2D eigenvalue weighted by molar-refractivity contribution is -0.127. The molecule has 1 heterocycles. The van der Waals surface area contributed by atoms with Crippen molar-refractivity contribution in [3.05, 3.63) is 59.7 Å². The first kappa shape index (κ1) is 14.6. The first-order chi connectivity index (χ1) is 11.2. The highest BCUT2D eigenvalue weighted by Gasteiger charge is 2.61. The van der Waals surface area contributed by atoms with E-state index in [-0.39, 0.29) is 5.91 Å². The van der Waals surface area contributed by atoms with E-state index in [0.29, 0.717) is 0 Å². The lowest BCUT2D eigenvalue weighted by Crippen LogP contribution is -2.71. The molecule has 1 saturated heterocycles. The van der Waals surface area contributed by atoms with Gasteiger partial charge in [-0.05, 0) is 54.7 Å². The average molecular weight is 328 g/mol. The SMILES string of the molecule is COc1ccc(N2C(=O)C(Cl)C23CCCc2ccccc23)cc1. The molecule has 23 heavy (non-hydrogen) atoms. The number of hydrogen-bond donors (Lipinski definition) is 0. The summed E-state index contributed by atoms with van der Waals surface area (Å²) in [5, 5.41) is -0.494. The maximum atomic E-state index is 12.6. The zero-order valence-corrected chi connectivity index (χ0v) is 13.7. The van der Waals surface area contributed by atoms with Crippen LogP contribution >= 0.6 is 11.6 Å². The minimum atomic E-state index is -0.494. The summed E-state index contributed by atoms with van der Waals surface area (Å²) < 4.78 is 5.21. The molecule has 0 radical (unpaired) electrons. The fourth-order valence-electron chi connectivity index (χ4n) is 3.99. The van der Waals surface area contributed by atoms with Crippen LogP contribution in [0.15, 0.2) is 48.5 Å².